The van der Waals surface area contributed by atoms with Crippen molar-refractivity contribution in [3.8, 4) is 16.9 Å². The number of aryl methyl sites for hydroxylation is 1. The Labute approximate surface area is 224 Å². The number of nitrogens with zero attached hydrogens (tertiary/aromatic N) is 1. The number of aliphatic hydroxyl groups excluding tert-OH is 2. The normalized spacial score (nSPS) is 18.9. The van der Waals surface area contributed by atoms with Crippen molar-refractivity contribution < 1.29 is 37.6 Å². The van der Waals surface area contributed by atoms with E-state index in [9.17, 15) is 23.4 Å². The van der Waals surface area contributed by atoms with Gasteiger partial charge in [0.05, 0.1) is 20.3 Å². The molecule has 0 unspecified atom stereocenters. The molecule has 2 aromatic carbocycles. The lowest BCUT2D eigenvalue weighted by Gasteiger charge is -2.40. The summed E-state index contributed by atoms with van der Waals surface area (Å²) in [6, 6.07) is 13.8. The van der Waals surface area contributed by atoms with E-state index < -0.39 is 26.8 Å². The number of rotatable bonds is 9. The minimum atomic E-state index is -3.90. The number of benzene rings is 2. The Bertz CT molecular complexity index is 1210. The molecule has 2 N–H and O–H groups in total. The maximum atomic E-state index is 13.6. The number of piperidine rings is 1. The molecule has 0 aromatic heterocycles. The van der Waals surface area contributed by atoms with Crippen LogP contribution in [0.3, 0.4) is 0 Å². The van der Waals surface area contributed by atoms with Crippen molar-refractivity contribution >= 4 is 16.0 Å². The van der Waals surface area contributed by atoms with Gasteiger partial charge < -0.3 is 24.4 Å². The quantitative estimate of drug-likeness (QED) is 0.460. The third kappa shape index (κ3) is 5.60. The Kier molecular flexibility index (Phi) is 9.10. The molecule has 0 aliphatic carbocycles. The molecule has 38 heavy (non-hydrogen) atoms. The van der Waals surface area contributed by atoms with Crippen LogP contribution in [-0.2, 0) is 24.3 Å². The van der Waals surface area contributed by atoms with Crippen LogP contribution in [0.5, 0.6) is 5.75 Å². The van der Waals surface area contributed by atoms with Crippen molar-refractivity contribution in [2.24, 2.45) is 0 Å². The first-order valence-corrected chi connectivity index (χ1v) is 14.4. The highest BCUT2D eigenvalue weighted by atomic mass is 32.2. The van der Waals surface area contributed by atoms with Crippen molar-refractivity contribution in [1.29, 1.82) is 0 Å². The molecular formula is C28H37NO8S. The van der Waals surface area contributed by atoms with E-state index in [4.69, 9.17) is 14.2 Å². The third-order valence-electron chi connectivity index (χ3n) is 7.72. The van der Waals surface area contributed by atoms with Gasteiger partial charge in [-0.2, -0.15) is 0 Å². The second kappa shape index (κ2) is 12.1. The standard InChI is InChI=1S/C28H37NO8S/c1-20-16-22(6-7-26(20)23-4-3-5-24(17-23)37-25(18-30)19-31)21-8-12-29(13-9-21)38(33,34)28(27(32)35-2)10-14-36-15-11-28/h3-7,16-17,21,25,30-31H,8-15,18-19H2,1-2H3. The van der Waals surface area contributed by atoms with Gasteiger partial charge in [0.2, 0.25) is 10.0 Å². The summed E-state index contributed by atoms with van der Waals surface area (Å²) in [6.07, 6.45) is 0.875. The molecule has 0 radical (unpaired) electrons. The summed E-state index contributed by atoms with van der Waals surface area (Å²) in [4.78, 5) is 12.6. The summed E-state index contributed by atoms with van der Waals surface area (Å²) in [6.45, 7) is 2.64. The van der Waals surface area contributed by atoms with Crippen LogP contribution in [0.2, 0.25) is 0 Å². The molecule has 4 rings (SSSR count). The first kappa shape index (κ1) is 28.5. The predicted molar refractivity (Wildman–Crippen MR) is 142 cm³/mol. The smallest absolute Gasteiger partial charge is 0.328 e. The van der Waals surface area contributed by atoms with Crippen LogP contribution in [0, 0.1) is 6.92 Å². The molecule has 0 bridgehead atoms. The van der Waals surface area contributed by atoms with Crippen LogP contribution < -0.4 is 4.74 Å². The van der Waals surface area contributed by atoms with Gasteiger partial charge in [0.25, 0.3) is 0 Å². The third-order valence-corrected chi connectivity index (χ3v) is 10.3. The Hall–Kier alpha value is -2.50. The van der Waals surface area contributed by atoms with Gasteiger partial charge >= 0.3 is 5.97 Å². The van der Waals surface area contributed by atoms with Crippen LogP contribution in [0.25, 0.3) is 11.1 Å². The predicted octanol–water partition coefficient (Wildman–Crippen LogP) is 2.63. The number of hydrogen-bond donors (Lipinski definition) is 2. The van der Waals surface area contributed by atoms with Crippen LogP contribution in [0.1, 0.15) is 42.7 Å². The monoisotopic (exact) mass is 547 g/mol. The van der Waals surface area contributed by atoms with Crippen molar-refractivity contribution in [2.45, 2.75) is 49.4 Å². The second-order valence-corrected chi connectivity index (χ2v) is 12.2. The number of hydrogen-bond acceptors (Lipinski definition) is 8. The maximum absolute atomic E-state index is 13.6. The lowest BCUT2D eigenvalue weighted by atomic mass is 9.87. The Morgan fingerprint density at radius 1 is 1.11 bits per heavy atom. The lowest BCUT2D eigenvalue weighted by molar-refractivity contribution is -0.146. The molecule has 0 atom stereocenters. The summed E-state index contributed by atoms with van der Waals surface area (Å²) < 4.78 is 43.1. The fraction of sp³-hybridized carbons (Fsp3) is 0.536. The second-order valence-electron chi connectivity index (χ2n) is 9.98. The zero-order valence-corrected chi connectivity index (χ0v) is 22.8. The fourth-order valence-corrected chi connectivity index (χ4v) is 7.62. The molecule has 2 aliphatic rings. The molecule has 9 nitrogen and oxygen atoms in total. The largest absolute Gasteiger partial charge is 0.486 e. The zero-order valence-electron chi connectivity index (χ0n) is 22.0. The number of carbonyl (C=O) groups excluding carboxylic acids is 1. The summed E-state index contributed by atoms with van der Waals surface area (Å²) in [5.41, 5.74) is 4.25. The van der Waals surface area contributed by atoms with Crippen LogP contribution in [0.15, 0.2) is 42.5 Å². The van der Waals surface area contributed by atoms with Gasteiger partial charge in [-0.1, -0.05) is 30.3 Å². The van der Waals surface area contributed by atoms with Gasteiger partial charge in [0, 0.05) is 39.1 Å². The van der Waals surface area contributed by atoms with Gasteiger partial charge in [0.1, 0.15) is 11.9 Å². The van der Waals surface area contributed by atoms with Crippen LogP contribution >= 0.6 is 0 Å². The highest BCUT2D eigenvalue weighted by molar-refractivity contribution is 7.91. The summed E-state index contributed by atoms with van der Waals surface area (Å²) >= 11 is 0. The Morgan fingerprint density at radius 3 is 2.39 bits per heavy atom. The van der Waals surface area contributed by atoms with E-state index >= 15 is 0 Å². The molecule has 2 heterocycles. The number of sulfonamides is 1. The van der Waals surface area contributed by atoms with Crippen molar-refractivity contribution in [1.82, 2.24) is 4.31 Å². The molecular weight excluding hydrogens is 510 g/mol. The molecule has 2 aliphatic heterocycles. The average molecular weight is 548 g/mol. The first-order chi connectivity index (χ1) is 18.3. The van der Waals surface area contributed by atoms with Gasteiger partial charge in [-0.3, -0.25) is 4.79 Å². The van der Waals surface area contributed by atoms with E-state index in [1.807, 2.05) is 25.1 Å². The van der Waals surface area contributed by atoms with Gasteiger partial charge in [-0.25, -0.2) is 12.7 Å². The Morgan fingerprint density at radius 2 is 1.79 bits per heavy atom. The number of esters is 1. The van der Waals surface area contributed by atoms with Crippen molar-refractivity contribution in [2.75, 3.05) is 46.6 Å². The number of ether oxygens (including phenoxy) is 3. The summed E-state index contributed by atoms with van der Waals surface area (Å²) in [5.74, 6) is 0.0799. The molecule has 2 aromatic rings. The maximum Gasteiger partial charge on any atom is 0.328 e. The topological polar surface area (TPSA) is 123 Å². The van der Waals surface area contributed by atoms with Crippen LogP contribution in [0.4, 0.5) is 0 Å². The Balaban J connectivity index is 1.46. The highest BCUT2D eigenvalue weighted by Gasteiger charge is 2.55. The number of methoxy groups -OCH3 is 1. The molecule has 0 amide bonds. The van der Waals surface area contributed by atoms with E-state index in [1.165, 1.54) is 11.4 Å². The SMILES string of the molecule is COC(=O)C1(S(=O)(=O)N2CCC(c3ccc(-c4cccc(OC(CO)CO)c4)c(C)c3)CC2)CCOCC1. The van der Waals surface area contributed by atoms with E-state index in [-0.39, 0.29) is 45.2 Å². The highest BCUT2D eigenvalue weighted by Crippen LogP contribution is 2.38. The average Bonchev–Trinajstić information content (AvgIpc) is 2.95. The van der Waals surface area contributed by atoms with E-state index in [1.54, 1.807) is 6.07 Å². The zero-order chi connectivity index (χ0) is 27.3. The molecule has 10 heteroatoms. The van der Waals surface area contributed by atoms with Gasteiger partial charge in [-0.05, 0) is 60.1 Å². The van der Waals surface area contributed by atoms with E-state index in [0.29, 0.717) is 31.7 Å². The molecule has 0 spiro atoms. The molecule has 0 saturated carbocycles. The van der Waals surface area contributed by atoms with Crippen molar-refractivity contribution in [3.63, 3.8) is 0 Å². The van der Waals surface area contributed by atoms with E-state index in [2.05, 4.69) is 18.2 Å². The minimum absolute atomic E-state index is 0.107. The fourth-order valence-electron chi connectivity index (χ4n) is 5.46. The van der Waals surface area contributed by atoms with Crippen molar-refractivity contribution in [3.05, 3.63) is 53.6 Å². The molecule has 208 valence electrons. The van der Waals surface area contributed by atoms with Gasteiger partial charge in [-0.15, -0.1) is 0 Å². The molecule has 2 fully saturated rings. The summed E-state index contributed by atoms with van der Waals surface area (Å²) in [5, 5.41) is 18.6. The number of aliphatic hydroxyl groups is 2. The number of carbonyl (C=O) groups is 1. The molecule has 2 saturated heterocycles. The minimum Gasteiger partial charge on any atom is -0.486 e. The van der Waals surface area contributed by atoms with Crippen LogP contribution in [-0.4, -0.2) is 86.4 Å². The van der Waals surface area contributed by atoms with Gasteiger partial charge in [0.15, 0.2) is 4.75 Å². The first-order valence-electron chi connectivity index (χ1n) is 13.0. The van der Waals surface area contributed by atoms with E-state index in [0.717, 1.165) is 22.3 Å². The summed E-state index contributed by atoms with van der Waals surface area (Å²) in [7, 11) is -2.66. The lowest BCUT2D eigenvalue weighted by Crippen LogP contribution is -2.57.